The zero-order valence-corrected chi connectivity index (χ0v) is 12.8. The van der Waals surface area contributed by atoms with Crippen molar-refractivity contribution in [3.8, 4) is 5.75 Å². The average Bonchev–Trinajstić information content (AvgIpc) is 2.37. The summed E-state index contributed by atoms with van der Waals surface area (Å²) in [4.78, 5) is 16.6. The van der Waals surface area contributed by atoms with Crippen molar-refractivity contribution in [3.05, 3.63) is 29.3 Å². The van der Waals surface area contributed by atoms with Gasteiger partial charge in [-0.2, -0.15) is 0 Å². The van der Waals surface area contributed by atoms with Gasteiger partial charge < -0.3 is 10.0 Å². The van der Waals surface area contributed by atoms with Crippen LogP contribution in [0.5, 0.6) is 5.75 Å². The van der Waals surface area contributed by atoms with Crippen molar-refractivity contribution in [3.63, 3.8) is 0 Å². The summed E-state index contributed by atoms with van der Waals surface area (Å²) < 4.78 is 0. The number of aromatic hydroxyl groups is 1. The largest absolute Gasteiger partial charge is 0.507 e. The first-order chi connectivity index (χ1) is 9.29. The smallest absolute Gasteiger partial charge is 0.257 e. The molecular formula is C16H24N2O2. The Hall–Kier alpha value is -1.55. The fraction of sp³-hybridized carbons (Fsp3) is 0.562. The van der Waals surface area contributed by atoms with E-state index in [0.717, 1.165) is 18.7 Å². The number of piperazine rings is 1. The van der Waals surface area contributed by atoms with Crippen LogP contribution in [-0.4, -0.2) is 52.5 Å². The standard InChI is InChI=1S/C16H24N2O2/c1-12-5-6-13(14(19)11-12)15(20)17-7-9-18(10-8-17)16(2,3)4/h5-6,11,19H,7-10H2,1-4H3. The summed E-state index contributed by atoms with van der Waals surface area (Å²) in [5.74, 6) is 0.00399. The zero-order valence-electron chi connectivity index (χ0n) is 12.8. The molecule has 1 aromatic rings. The number of carbonyl (C=O) groups is 1. The Kier molecular flexibility index (Phi) is 4.04. The molecule has 1 aliphatic rings. The number of aryl methyl sites for hydroxylation is 1. The van der Waals surface area contributed by atoms with Crippen LogP contribution in [0.25, 0.3) is 0 Å². The summed E-state index contributed by atoms with van der Waals surface area (Å²) in [5.41, 5.74) is 1.50. The van der Waals surface area contributed by atoms with E-state index in [0.29, 0.717) is 18.7 Å². The van der Waals surface area contributed by atoms with Gasteiger partial charge in [-0.25, -0.2) is 0 Å². The maximum Gasteiger partial charge on any atom is 0.257 e. The van der Waals surface area contributed by atoms with Crippen LogP contribution in [0.15, 0.2) is 18.2 Å². The molecule has 1 heterocycles. The Morgan fingerprint density at radius 3 is 2.25 bits per heavy atom. The van der Waals surface area contributed by atoms with Gasteiger partial charge in [-0.15, -0.1) is 0 Å². The van der Waals surface area contributed by atoms with Crippen LogP contribution in [0.1, 0.15) is 36.7 Å². The predicted molar refractivity (Wildman–Crippen MR) is 80.1 cm³/mol. The second-order valence-electron chi connectivity index (χ2n) is 6.47. The third-order valence-corrected chi connectivity index (χ3v) is 3.90. The maximum atomic E-state index is 12.4. The van der Waals surface area contributed by atoms with Crippen molar-refractivity contribution < 1.29 is 9.90 Å². The highest BCUT2D eigenvalue weighted by molar-refractivity contribution is 5.97. The SMILES string of the molecule is Cc1ccc(C(=O)N2CCN(C(C)(C)C)CC2)c(O)c1. The van der Waals surface area contributed by atoms with E-state index in [1.165, 1.54) is 0 Å². The Bertz CT molecular complexity index is 498. The van der Waals surface area contributed by atoms with Gasteiger partial charge in [-0.05, 0) is 45.4 Å². The number of amides is 1. The highest BCUT2D eigenvalue weighted by Crippen LogP contribution is 2.22. The third kappa shape index (κ3) is 3.12. The van der Waals surface area contributed by atoms with Crippen molar-refractivity contribution in [2.75, 3.05) is 26.2 Å². The molecule has 0 aromatic heterocycles. The van der Waals surface area contributed by atoms with Crippen molar-refractivity contribution in [2.45, 2.75) is 33.2 Å². The lowest BCUT2D eigenvalue weighted by Crippen LogP contribution is -2.54. The molecular weight excluding hydrogens is 252 g/mol. The number of hydrogen-bond donors (Lipinski definition) is 1. The number of hydrogen-bond acceptors (Lipinski definition) is 3. The molecule has 1 aliphatic heterocycles. The number of phenolic OH excluding ortho intramolecular Hbond substituents is 1. The van der Waals surface area contributed by atoms with E-state index in [9.17, 15) is 9.90 Å². The normalized spacial score (nSPS) is 17.3. The van der Waals surface area contributed by atoms with Crippen LogP contribution < -0.4 is 0 Å². The molecule has 0 unspecified atom stereocenters. The molecule has 0 aliphatic carbocycles. The summed E-state index contributed by atoms with van der Waals surface area (Å²) in [7, 11) is 0. The second kappa shape index (κ2) is 5.44. The fourth-order valence-electron chi connectivity index (χ4n) is 2.57. The van der Waals surface area contributed by atoms with Crippen LogP contribution in [-0.2, 0) is 0 Å². The summed E-state index contributed by atoms with van der Waals surface area (Å²) in [5, 5.41) is 9.92. The lowest BCUT2D eigenvalue weighted by molar-refractivity contribution is 0.0449. The Balaban J connectivity index is 2.05. The van der Waals surface area contributed by atoms with Gasteiger partial charge in [0, 0.05) is 31.7 Å². The molecule has 1 aromatic carbocycles. The van der Waals surface area contributed by atoms with E-state index < -0.39 is 0 Å². The summed E-state index contributed by atoms with van der Waals surface area (Å²) in [6, 6.07) is 5.21. The van der Waals surface area contributed by atoms with Gasteiger partial charge in [-0.1, -0.05) is 6.07 Å². The molecule has 0 radical (unpaired) electrons. The molecule has 0 spiro atoms. The van der Waals surface area contributed by atoms with Crippen LogP contribution in [0.3, 0.4) is 0 Å². The summed E-state index contributed by atoms with van der Waals surface area (Å²) in [6.07, 6.45) is 0. The van der Waals surface area contributed by atoms with E-state index in [1.807, 2.05) is 17.9 Å². The lowest BCUT2D eigenvalue weighted by Gasteiger charge is -2.42. The van der Waals surface area contributed by atoms with Crippen molar-refractivity contribution in [1.82, 2.24) is 9.80 Å². The number of phenols is 1. The number of carbonyl (C=O) groups excluding carboxylic acids is 1. The van der Waals surface area contributed by atoms with E-state index in [1.54, 1.807) is 12.1 Å². The Labute approximate surface area is 121 Å². The van der Waals surface area contributed by atoms with Crippen molar-refractivity contribution in [2.24, 2.45) is 0 Å². The first kappa shape index (κ1) is 14.9. The molecule has 0 atom stereocenters. The van der Waals surface area contributed by atoms with Gasteiger partial charge in [0.15, 0.2) is 0 Å². The second-order valence-corrected chi connectivity index (χ2v) is 6.47. The van der Waals surface area contributed by atoms with Gasteiger partial charge in [0.1, 0.15) is 5.75 Å². The minimum atomic E-state index is -0.0731. The highest BCUT2D eigenvalue weighted by Gasteiger charge is 2.28. The van der Waals surface area contributed by atoms with Crippen molar-refractivity contribution >= 4 is 5.91 Å². The Morgan fingerprint density at radius 1 is 1.15 bits per heavy atom. The van der Waals surface area contributed by atoms with Crippen LogP contribution in [0.2, 0.25) is 0 Å². The molecule has 0 saturated carbocycles. The summed E-state index contributed by atoms with van der Waals surface area (Å²) in [6.45, 7) is 11.6. The zero-order chi connectivity index (χ0) is 14.9. The third-order valence-electron chi connectivity index (χ3n) is 3.90. The van der Waals surface area contributed by atoms with Gasteiger partial charge in [0.05, 0.1) is 5.56 Å². The number of rotatable bonds is 1. The minimum Gasteiger partial charge on any atom is -0.507 e. The van der Waals surface area contributed by atoms with Crippen LogP contribution in [0.4, 0.5) is 0 Å². The average molecular weight is 276 g/mol. The molecule has 4 nitrogen and oxygen atoms in total. The van der Waals surface area contributed by atoms with E-state index in [-0.39, 0.29) is 17.2 Å². The molecule has 1 amide bonds. The monoisotopic (exact) mass is 276 g/mol. The lowest BCUT2D eigenvalue weighted by atomic mass is 10.0. The van der Waals surface area contributed by atoms with Gasteiger partial charge >= 0.3 is 0 Å². The highest BCUT2D eigenvalue weighted by atomic mass is 16.3. The van der Waals surface area contributed by atoms with E-state index in [4.69, 9.17) is 0 Å². The van der Waals surface area contributed by atoms with Crippen LogP contribution >= 0.6 is 0 Å². The first-order valence-corrected chi connectivity index (χ1v) is 7.13. The maximum absolute atomic E-state index is 12.4. The molecule has 110 valence electrons. The van der Waals surface area contributed by atoms with Gasteiger partial charge in [0.25, 0.3) is 5.91 Å². The number of benzene rings is 1. The first-order valence-electron chi connectivity index (χ1n) is 7.13. The molecule has 1 saturated heterocycles. The quantitative estimate of drug-likeness (QED) is 0.855. The van der Waals surface area contributed by atoms with Gasteiger partial charge in [0.2, 0.25) is 0 Å². The molecule has 0 bridgehead atoms. The molecule has 4 heteroatoms. The summed E-state index contributed by atoms with van der Waals surface area (Å²) >= 11 is 0. The van der Waals surface area contributed by atoms with E-state index in [2.05, 4.69) is 25.7 Å². The fourth-order valence-corrected chi connectivity index (χ4v) is 2.57. The molecule has 20 heavy (non-hydrogen) atoms. The predicted octanol–water partition coefficient (Wildman–Crippen LogP) is 2.26. The molecule has 1 fully saturated rings. The minimum absolute atomic E-state index is 0.0731. The van der Waals surface area contributed by atoms with Gasteiger partial charge in [-0.3, -0.25) is 9.69 Å². The molecule has 2 rings (SSSR count). The molecule has 1 N–H and O–H groups in total. The van der Waals surface area contributed by atoms with Crippen LogP contribution in [0, 0.1) is 6.92 Å². The topological polar surface area (TPSA) is 43.8 Å². The van der Waals surface area contributed by atoms with E-state index >= 15 is 0 Å². The Morgan fingerprint density at radius 2 is 1.75 bits per heavy atom. The number of nitrogens with zero attached hydrogens (tertiary/aromatic N) is 2. The van der Waals surface area contributed by atoms with Crippen molar-refractivity contribution in [1.29, 1.82) is 0 Å².